The van der Waals surface area contributed by atoms with E-state index in [-0.39, 0.29) is 28.4 Å². The van der Waals surface area contributed by atoms with Crippen LogP contribution < -0.4 is 10.1 Å². The molecule has 12 nitrogen and oxygen atoms in total. The SMILES string of the molecule is CN(C)CCOc1cccc2c1CCN(C(=O)/C=C/c1c(-n3cnnn3)ccc(Cl)c1F)C2C(=O)Nc1ccc(C(=O)O)cc1. The molecular weight excluding hydrogens is 605 g/mol. The van der Waals surface area contributed by atoms with Crippen LogP contribution in [0.2, 0.25) is 5.02 Å². The van der Waals surface area contributed by atoms with Crippen molar-refractivity contribution in [2.24, 2.45) is 0 Å². The van der Waals surface area contributed by atoms with Gasteiger partial charge in [0.2, 0.25) is 5.91 Å². The van der Waals surface area contributed by atoms with Crippen molar-refractivity contribution >= 4 is 41.1 Å². The molecule has 4 aromatic rings. The molecule has 1 atom stereocenters. The molecule has 2 heterocycles. The van der Waals surface area contributed by atoms with E-state index in [9.17, 15) is 19.5 Å². The van der Waals surface area contributed by atoms with Crippen LogP contribution in [-0.2, 0) is 16.0 Å². The zero-order valence-corrected chi connectivity index (χ0v) is 25.1. The summed E-state index contributed by atoms with van der Waals surface area (Å²) < 4.78 is 22.5. The number of ether oxygens (including phenoxy) is 1. The average Bonchev–Trinajstić information content (AvgIpc) is 3.56. The van der Waals surface area contributed by atoms with Gasteiger partial charge in [0.05, 0.1) is 16.3 Å². The van der Waals surface area contributed by atoms with E-state index in [2.05, 4.69) is 20.8 Å². The predicted octanol–water partition coefficient (Wildman–Crippen LogP) is 3.87. The van der Waals surface area contributed by atoms with Gasteiger partial charge in [0, 0.05) is 36.0 Å². The summed E-state index contributed by atoms with van der Waals surface area (Å²) in [6.07, 6.45) is 4.14. The fourth-order valence-corrected chi connectivity index (χ4v) is 5.14. The van der Waals surface area contributed by atoms with Crippen LogP contribution in [0, 0.1) is 5.82 Å². The van der Waals surface area contributed by atoms with E-state index in [4.69, 9.17) is 16.3 Å². The van der Waals surface area contributed by atoms with Crippen LogP contribution in [0.1, 0.15) is 33.1 Å². The molecule has 5 rings (SSSR count). The van der Waals surface area contributed by atoms with Gasteiger partial charge in [0.15, 0.2) is 5.82 Å². The lowest BCUT2D eigenvalue weighted by Crippen LogP contribution is -2.45. The zero-order chi connectivity index (χ0) is 32.1. The van der Waals surface area contributed by atoms with Crippen molar-refractivity contribution < 1.29 is 28.6 Å². The Morgan fingerprint density at radius 2 is 1.93 bits per heavy atom. The van der Waals surface area contributed by atoms with Gasteiger partial charge >= 0.3 is 5.97 Å². The van der Waals surface area contributed by atoms with Crippen LogP contribution in [0.4, 0.5) is 10.1 Å². The number of benzene rings is 3. The molecule has 14 heteroatoms. The number of aromatic carboxylic acids is 1. The molecule has 1 unspecified atom stereocenters. The molecule has 1 aromatic heterocycles. The third kappa shape index (κ3) is 7.00. The standard InChI is InChI=1S/C31H29ClFN7O5/c1-38(2)16-17-45-26-5-3-4-22-21(26)14-15-39(29(22)30(42)35-20-8-6-19(7-9-20)31(43)44)27(41)13-10-23-25(40-18-34-36-37-40)12-11-24(32)28(23)33/h3-13,18,29H,14-17H2,1-2H3,(H,35,42)(H,43,44)/b13-10+. The average molecular weight is 634 g/mol. The molecule has 2 amide bonds. The molecule has 1 aliphatic rings. The molecular formula is C31H29ClFN7O5. The van der Waals surface area contributed by atoms with Gasteiger partial charge in [-0.3, -0.25) is 9.59 Å². The Bertz CT molecular complexity index is 1750. The molecule has 0 saturated carbocycles. The van der Waals surface area contributed by atoms with Crippen LogP contribution in [-0.4, -0.2) is 86.7 Å². The summed E-state index contributed by atoms with van der Waals surface area (Å²) in [5.74, 6) is -2.32. The fraction of sp³-hybridized carbons (Fsp3) is 0.226. The summed E-state index contributed by atoms with van der Waals surface area (Å²) in [7, 11) is 3.87. The molecule has 3 aromatic carbocycles. The molecule has 0 saturated heterocycles. The third-order valence-electron chi connectivity index (χ3n) is 7.20. The second-order valence-corrected chi connectivity index (χ2v) is 10.8. The predicted molar refractivity (Wildman–Crippen MR) is 164 cm³/mol. The number of fused-ring (bicyclic) bond motifs is 1. The molecule has 1 aliphatic heterocycles. The van der Waals surface area contributed by atoms with Gasteiger partial charge in [-0.1, -0.05) is 23.7 Å². The second-order valence-electron chi connectivity index (χ2n) is 10.4. The van der Waals surface area contributed by atoms with Crippen molar-refractivity contribution in [1.29, 1.82) is 0 Å². The first-order valence-corrected chi connectivity index (χ1v) is 14.3. The summed E-state index contributed by atoms with van der Waals surface area (Å²) >= 11 is 6.04. The number of hydrogen-bond acceptors (Lipinski definition) is 8. The number of rotatable bonds is 10. The largest absolute Gasteiger partial charge is 0.492 e. The minimum Gasteiger partial charge on any atom is -0.492 e. The van der Waals surface area contributed by atoms with Gasteiger partial charge in [-0.2, -0.15) is 4.68 Å². The number of halogens is 2. The minimum atomic E-state index is -1.10. The molecule has 0 fully saturated rings. The molecule has 2 N–H and O–H groups in total. The number of carbonyl (C=O) groups excluding carboxylic acids is 2. The van der Waals surface area contributed by atoms with Gasteiger partial charge in [-0.05, 0) is 85.0 Å². The maximum atomic E-state index is 15.2. The first kappa shape index (κ1) is 31.3. The highest BCUT2D eigenvalue weighted by molar-refractivity contribution is 6.31. The van der Waals surface area contributed by atoms with E-state index in [1.807, 2.05) is 25.1 Å². The molecule has 0 bridgehead atoms. The van der Waals surface area contributed by atoms with E-state index in [0.29, 0.717) is 36.6 Å². The summed E-state index contributed by atoms with van der Waals surface area (Å²) in [5, 5.41) is 22.8. The second kappa shape index (κ2) is 13.7. The number of tetrazole rings is 1. The van der Waals surface area contributed by atoms with E-state index < -0.39 is 29.6 Å². The zero-order valence-electron chi connectivity index (χ0n) is 24.4. The monoisotopic (exact) mass is 633 g/mol. The Hall–Kier alpha value is -5.14. The van der Waals surface area contributed by atoms with Gasteiger partial charge in [-0.25, -0.2) is 9.18 Å². The maximum absolute atomic E-state index is 15.2. The molecule has 0 aliphatic carbocycles. The first-order valence-electron chi connectivity index (χ1n) is 13.9. The first-order chi connectivity index (χ1) is 21.6. The number of aromatic nitrogens is 4. The Morgan fingerprint density at radius 1 is 1.16 bits per heavy atom. The number of hydrogen-bond donors (Lipinski definition) is 2. The quantitative estimate of drug-likeness (QED) is 0.249. The number of likely N-dealkylation sites (N-methyl/N-ethyl adjacent to an activating group) is 1. The van der Waals surface area contributed by atoms with Crippen LogP contribution in [0.15, 0.2) is 67.0 Å². The van der Waals surface area contributed by atoms with Gasteiger partial charge < -0.3 is 25.0 Å². The number of nitrogens with zero attached hydrogens (tertiary/aromatic N) is 6. The third-order valence-corrected chi connectivity index (χ3v) is 7.50. The summed E-state index contributed by atoms with van der Waals surface area (Å²) in [5.41, 5.74) is 2.03. The van der Waals surface area contributed by atoms with Gasteiger partial charge in [0.25, 0.3) is 5.91 Å². The van der Waals surface area contributed by atoms with Crippen molar-refractivity contribution in [3.05, 3.63) is 100 Å². The van der Waals surface area contributed by atoms with Crippen molar-refractivity contribution in [1.82, 2.24) is 30.0 Å². The van der Waals surface area contributed by atoms with Gasteiger partial charge in [-0.15, -0.1) is 5.10 Å². The lowest BCUT2D eigenvalue weighted by Gasteiger charge is -2.36. The Balaban J connectivity index is 1.48. The summed E-state index contributed by atoms with van der Waals surface area (Å²) in [6.45, 7) is 1.27. The molecule has 0 radical (unpaired) electrons. The number of carbonyl (C=O) groups is 3. The number of anilines is 1. The summed E-state index contributed by atoms with van der Waals surface area (Å²) in [6, 6.07) is 12.8. The lowest BCUT2D eigenvalue weighted by molar-refractivity contribution is -0.135. The Kier molecular flexibility index (Phi) is 9.50. The van der Waals surface area contributed by atoms with Crippen LogP contribution in [0.3, 0.4) is 0 Å². The van der Waals surface area contributed by atoms with E-state index in [1.165, 1.54) is 64.5 Å². The topological polar surface area (TPSA) is 143 Å². The number of carboxylic acids is 1. The van der Waals surface area contributed by atoms with Crippen molar-refractivity contribution in [2.75, 3.05) is 39.1 Å². The number of carboxylic acid groups (broad SMARTS) is 1. The highest BCUT2D eigenvalue weighted by atomic mass is 35.5. The highest BCUT2D eigenvalue weighted by Crippen LogP contribution is 2.36. The van der Waals surface area contributed by atoms with E-state index in [1.54, 1.807) is 12.1 Å². The Labute approximate surface area is 262 Å². The van der Waals surface area contributed by atoms with Gasteiger partial charge in [0.1, 0.15) is 24.7 Å². The molecule has 0 spiro atoms. The van der Waals surface area contributed by atoms with E-state index in [0.717, 1.165) is 5.56 Å². The molecule has 232 valence electrons. The van der Waals surface area contributed by atoms with Crippen LogP contribution in [0.25, 0.3) is 11.8 Å². The number of amides is 2. The van der Waals surface area contributed by atoms with E-state index >= 15 is 4.39 Å². The highest BCUT2D eigenvalue weighted by Gasteiger charge is 2.36. The van der Waals surface area contributed by atoms with Crippen LogP contribution in [0.5, 0.6) is 5.75 Å². The van der Waals surface area contributed by atoms with Crippen molar-refractivity contribution in [2.45, 2.75) is 12.5 Å². The smallest absolute Gasteiger partial charge is 0.335 e. The fourth-order valence-electron chi connectivity index (χ4n) is 4.97. The minimum absolute atomic E-state index is 0.0170. The van der Waals surface area contributed by atoms with Crippen molar-refractivity contribution in [3.8, 4) is 11.4 Å². The summed E-state index contributed by atoms with van der Waals surface area (Å²) in [4.78, 5) is 42.3. The van der Waals surface area contributed by atoms with Crippen LogP contribution >= 0.6 is 11.6 Å². The number of nitrogens with one attached hydrogen (secondary N) is 1. The van der Waals surface area contributed by atoms with Crippen molar-refractivity contribution in [3.63, 3.8) is 0 Å². The maximum Gasteiger partial charge on any atom is 0.335 e. The Morgan fingerprint density at radius 3 is 2.62 bits per heavy atom. The molecule has 45 heavy (non-hydrogen) atoms. The normalized spacial score (nSPS) is 14.4. The lowest BCUT2D eigenvalue weighted by atomic mass is 9.90.